The summed E-state index contributed by atoms with van der Waals surface area (Å²) in [5, 5.41) is 0.183. The molecule has 0 saturated heterocycles. The van der Waals surface area contributed by atoms with Gasteiger partial charge in [-0.15, -0.1) is 0 Å². The molecule has 1 aromatic heterocycles. The molecule has 1 aromatic carbocycles. The summed E-state index contributed by atoms with van der Waals surface area (Å²) in [6.07, 6.45) is 4.50. The number of rotatable bonds is 4. The molecule has 0 saturated carbocycles. The maximum absolute atomic E-state index is 12.5. The number of sulfonamides is 1. The molecule has 0 amide bonds. The second-order valence-corrected chi connectivity index (χ2v) is 7.12. The lowest BCUT2D eigenvalue weighted by atomic mass is 10.3. The summed E-state index contributed by atoms with van der Waals surface area (Å²) < 4.78 is 26.1. The first-order valence-electron chi connectivity index (χ1n) is 5.78. The minimum absolute atomic E-state index is 0.0295. The molecule has 0 unspecified atom stereocenters. The smallest absolute Gasteiger partial charge is 0.243 e. The Labute approximate surface area is 132 Å². The summed E-state index contributed by atoms with van der Waals surface area (Å²) in [5.74, 6) is 0. The molecule has 0 radical (unpaired) electrons. The Hall–Kier alpha value is -1.41. The van der Waals surface area contributed by atoms with Gasteiger partial charge in [0.2, 0.25) is 10.0 Å². The highest BCUT2D eigenvalue weighted by Crippen LogP contribution is 2.31. The van der Waals surface area contributed by atoms with Gasteiger partial charge in [0.25, 0.3) is 0 Å². The quantitative estimate of drug-likeness (QED) is 0.857. The van der Waals surface area contributed by atoms with Crippen LogP contribution in [0.25, 0.3) is 0 Å². The van der Waals surface area contributed by atoms with E-state index in [9.17, 15) is 8.42 Å². The summed E-state index contributed by atoms with van der Waals surface area (Å²) in [5.41, 5.74) is 6.27. The Morgan fingerprint density at radius 2 is 1.86 bits per heavy atom. The van der Waals surface area contributed by atoms with Gasteiger partial charge >= 0.3 is 0 Å². The maximum Gasteiger partial charge on any atom is 0.243 e. The van der Waals surface area contributed by atoms with Crippen molar-refractivity contribution in [1.29, 1.82) is 0 Å². The summed E-state index contributed by atoms with van der Waals surface area (Å²) in [4.78, 5) is 7.89. The lowest BCUT2D eigenvalue weighted by molar-refractivity contribution is 0.461. The van der Waals surface area contributed by atoms with E-state index in [1.54, 1.807) is 0 Å². The van der Waals surface area contributed by atoms with Crippen LogP contribution in [0.3, 0.4) is 0 Å². The van der Waals surface area contributed by atoms with Gasteiger partial charge in [0, 0.05) is 25.6 Å². The van der Waals surface area contributed by atoms with E-state index in [0.717, 1.165) is 4.31 Å². The first-order valence-corrected chi connectivity index (χ1v) is 7.97. The number of nitrogens with two attached hydrogens (primary N) is 1. The fourth-order valence-corrected chi connectivity index (χ4v) is 3.43. The van der Waals surface area contributed by atoms with E-state index in [1.165, 1.54) is 37.8 Å². The third-order valence-corrected chi connectivity index (χ3v) is 5.17. The molecule has 0 bridgehead atoms. The van der Waals surface area contributed by atoms with E-state index < -0.39 is 10.0 Å². The van der Waals surface area contributed by atoms with Crippen molar-refractivity contribution >= 4 is 38.9 Å². The van der Waals surface area contributed by atoms with Crippen LogP contribution in [0.4, 0.5) is 5.69 Å². The fourth-order valence-electron chi connectivity index (χ4n) is 1.61. The zero-order valence-electron chi connectivity index (χ0n) is 11.0. The Morgan fingerprint density at radius 1 is 1.24 bits per heavy atom. The van der Waals surface area contributed by atoms with E-state index in [2.05, 4.69) is 9.97 Å². The second-order valence-electron chi connectivity index (χ2n) is 4.26. The molecule has 6 nitrogen and oxygen atoms in total. The van der Waals surface area contributed by atoms with Crippen LogP contribution in [0.2, 0.25) is 10.0 Å². The molecular weight excluding hydrogens is 335 g/mol. The number of benzene rings is 1. The highest BCUT2D eigenvalue weighted by molar-refractivity contribution is 7.89. The van der Waals surface area contributed by atoms with Crippen LogP contribution in [0, 0.1) is 0 Å². The molecular formula is C12H12Cl2N4O2S. The Balaban J connectivity index is 2.33. The van der Waals surface area contributed by atoms with Gasteiger partial charge in [-0.2, -0.15) is 4.31 Å². The lowest BCUT2D eigenvalue weighted by Gasteiger charge is -2.17. The van der Waals surface area contributed by atoms with Crippen molar-refractivity contribution in [3.05, 3.63) is 46.5 Å². The molecule has 0 aliphatic carbocycles. The number of hydrogen-bond acceptors (Lipinski definition) is 5. The van der Waals surface area contributed by atoms with Gasteiger partial charge in [0.05, 0.1) is 32.9 Å². The van der Waals surface area contributed by atoms with E-state index >= 15 is 0 Å². The Kier molecular flexibility index (Phi) is 4.67. The molecule has 0 aliphatic rings. The van der Waals surface area contributed by atoms with Crippen molar-refractivity contribution in [1.82, 2.24) is 14.3 Å². The SMILES string of the molecule is CN(Cc1cnccn1)S(=O)(=O)c1cc(Cl)c(N)c(Cl)c1. The van der Waals surface area contributed by atoms with Crippen molar-refractivity contribution < 1.29 is 8.42 Å². The van der Waals surface area contributed by atoms with Crippen LogP contribution in [0.5, 0.6) is 0 Å². The van der Waals surface area contributed by atoms with Crippen molar-refractivity contribution in [3.8, 4) is 0 Å². The molecule has 2 rings (SSSR count). The summed E-state index contributed by atoms with van der Waals surface area (Å²) >= 11 is 11.8. The Morgan fingerprint density at radius 3 is 2.38 bits per heavy atom. The van der Waals surface area contributed by atoms with E-state index in [4.69, 9.17) is 28.9 Å². The van der Waals surface area contributed by atoms with Gasteiger partial charge in [0.1, 0.15) is 0 Å². The largest absolute Gasteiger partial charge is 0.396 e. The van der Waals surface area contributed by atoms with Gasteiger partial charge in [-0.25, -0.2) is 8.42 Å². The minimum atomic E-state index is -3.76. The average molecular weight is 347 g/mol. The molecule has 1 heterocycles. The second kappa shape index (κ2) is 6.15. The summed E-state index contributed by atoms with van der Waals surface area (Å²) in [6, 6.07) is 2.54. The van der Waals surface area contributed by atoms with Gasteiger partial charge in [-0.3, -0.25) is 9.97 Å². The van der Waals surface area contributed by atoms with Gasteiger partial charge in [0.15, 0.2) is 0 Å². The maximum atomic E-state index is 12.5. The van der Waals surface area contributed by atoms with E-state index in [-0.39, 0.29) is 27.2 Å². The molecule has 0 fully saturated rings. The van der Waals surface area contributed by atoms with Crippen molar-refractivity contribution in [2.45, 2.75) is 11.4 Å². The standard InChI is InChI=1S/C12H12Cl2N4O2S/c1-18(7-8-6-16-2-3-17-8)21(19,20)9-4-10(13)12(15)11(14)5-9/h2-6H,7,15H2,1H3. The number of anilines is 1. The molecule has 112 valence electrons. The van der Waals surface area contributed by atoms with Gasteiger partial charge < -0.3 is 5.73 Å². The Bertz CT molecular complexity index is 730. The predicted octanol–water partition coefficient (Wildman–Crippen LogP) is 2.19. The molecule has 9 heteroatoms. The van der Waals surface area contributed by atoms with Crippen LogP contribution in [0.1, 0.15) is 5.69 Å². The highest BCUT2D eigenvalue weighted by atomic mass is 35.5. The highest BCUT2D eigenvalue weighted by Gasteiger charge is 2.23. The zero-order chi connectivity index (χ0) is 15.6. The molecule has 21 heavy (non-hydrogen) atoms. The van der Waals surface area contributed by atoms with Crippen LogP contribution in [-0.4, -0.2) is 29.7 Å². The minimum Gasteiger partial charge on any atom is -0.396 e. The number of halogens is 2. The van der Waals surface area contributed by atoms with Crippen LogP contribution in [0.15, 0.2) is 35.6 Å². The lowest BCUT2D eigenvalue weighted by Crippen LogP contribution is -2.27. The summed E-state index contributed by atoms with van der Waals surface area (Å²) in [7, 11) is -2.33. The topological polar surface area (TPSA) is 89.2 Å². The van der Waals surface area contributed by atoms with E-state index in [1.807, 2.05) is 0 Å². The normalized spacial score (nSPS) is 11.8. The van der Waals surface area contributed by atoms with Crippen LogP contribution < -0.4 is 5.73 Å². The summed E-state index contributed by atoms with van der Waals surface area (Å²) in [6.45, 7) is 0.0792. The van der Waals surface area contributed by atoms with E-state index in [0.29, 0.717) is 5.69 Å². The van der Waals surface area contributed by atoms with Crippen LogP contribution in [-0.2, 0) is 16.6 Å². The monoisotopic (exact) mass is 346 g/mol. The third-order valence-electron chi connectivity index (χ3n) is 2.76. The molecule has 2 N–H and O–H groups in total. The number of hydrogen-bond donors (Lipinski definition) is 1. The van der Waals surface area contributed by atoms with Gasteiger partial charge in [-0.05, 0) is 12.1 Å². The van der Waals surface area contributed by atoms with Crippen molar-refractivity contribution in [3.63, 3.8) is 0 Å². The predicted molar refractivity (Wildman–Crippen MR) is 81.6 cm³/mol. The number of nitrogen functional groups attached to an aromatic ring is 1. The molecule has 0 aliphatic heterocycles. The number of aromatic nitrogens is 2. The average Bonchev–Trinajstić information content (AvgIpc) is 2.45. The fraction of sp³-hybridized carbons (Fsp3) is 0.167. The zero-order valence-corrected chi connectivity index (χ0v) is 13.3. The first kappa shape index (κ1) is 16.0. The number of nitrogens with zero attached hydrogens (tertiary/aromatic N) is 3. The van der Waals surface area contributed by atoms with Gasteiger partial charge in [-0.1, -0.05) is 23.2 Å². The first-order chi connectivity index (χ1) is 9.82. The van der Waals surface area contributed by atoms with Crippen molar-refractivity contribution in [2.24, 2.45) is 0 Å². The van der Waals surface area contributed by atoms with Crippen molar-refractivity contribution in [2.75, 3.05) is 12.8 Å². The molecule has 0 spiro atoms. The molecule has 2 aromatic rings. The molecule has 0 atom stereocenters. The van der Waals surface area contributed by atoms with Crippen LogP contribution >= 0.6 is 23.2 Å². The third kappa shape index (κ3) is 3.44.